The normalized spacial score (nSPS) is 12.5. The van der Waals surface area contributed by atoms with Gasteiger partial charge in [-0.2, -0.15) is 25.3 Å². The molecule has 0 spiro atoms. The molecule has 0 aliphatic carbocycles. The Morgan fingerprint density at radius 1 is 0.576 bits per heavy atom. The van der Waals surface area contributed by atoms with Gasteiger partial charge in [-0.1, -0.05) is 42.5 Å². The third-order valence-corrected chi connectivity index (χ3v) is 7.68. The van der Waals surface area contributed by atoms with Crippen LogP contribution in [0, 0.1) is 0 Å². The van der Waals surface area contributed by atoms with Crippen molar-refractivity contribution in [3.63, 3.8) is 0 Å². The van der Waals surface area contributed by atoms with Crippen molar-refractivity contribution in [2.45, 2.75) is 14.7 Å². The molecule has 15 heteroatoms. The third-order valence-electron chi connectivity index (χ3n) is 4.62. The average Bonchev–Trinajstić information content (AvgIpc) is 2.68. The van der Waals surface area contributed by atoms with E-state index in [-0.39, 0.29) is 45.7 Å². The average molecular weight is 526 g/mol. The molecule has 0 aliphatic rings. The zero-order chi connectivity index (χ0) is 24.1. The van der Waals surface area contributed by atoms with Crippen LogP contribution in [0.15, 0.2) is 57.2 Å². The third kappa shape index (κ3) is 5.16. The molecule has 0 heterocycles. The van der Waals surface area contributed by atoms with Crippen molar-refractivity contribution in [2.75, 3.05) is 13.1 Å². The Morgan fingerprint density at radius 3 is 1.24 bits per heavy atom. The quantitative estimate of drug-likeness (QED) is 0.143. The van der Waals surface area contributed by atoms with Crippen LogP contribution in [-0.2, 0) is 30.4 Å². The maximum absolute atomic E-state index is 12.0. The smallest absolute Gasteiger partial charge is 0.297 e. The maximum Gasteiger partial charge on any atom is 0.297 e. The molecule has 0 aromatic heterocycles. The van der Waals surface area contributed by atoms with Crippen molar-refractivity contribution in [3.8, 4) is 0 Å². The van der Waals surface area contributed by atoms with Crippen LogP contribution in [0.3, 0.4) is 0 Å². The number of rotatable bonds is 4. The number of hydrogen-bond acceptors (Lipinski definition) is 8. The first-order chi connectivity index (χ1) is 14.7. The molecular formula is C18H18N2NaO9S3. The second-order valence-corrected chi connectivity index (χ2v) is 10.7. The van der Waals surface area contributed by atoms with E-state index < -0.39 is 45.0 Å². The Hall–Kier alpha value is -1.43. The van der Waals surface area contributed by atoms with E-state index in [0.717, 1.165) is 0 Å². The first-order valence-electron chi connectivity index (χ1n) is 8.79. The molecule has 0 fully saturated rings. The van der Waals surface area contributed by atoms with Crippen LogP contribution in [-0.4, -0.2) is 81.6 Å². The van der Waals surface area contributed by atoms with Gasteiger partial charge in [-0.25, -0.2) is 0 Å². The molecular weight excluding hydrogens is 507 g/mol. The summed E-state index contributed by atoms with van der Waals surface area (Å²) in [7, 11) is -16.2. The molecule has 0 atom stereocenters. The molecule has 11 nitrogen and oxygen atoms in total. The number of nitrogens with two attached hydrogens (primary N) is 2. The largest absolute Gasteiger partial charge is 0.329 e. The minimum Gasteiger partial charge on any atom is -0.329 e. The van der Waals surface area contributed by atoms with Crippen molar-refractivity contribution in [1.29, 1.82) is 0 Å². The summed E-state index contributed by atoms with van der Waals surface area (Å²) in [4.78, 5) is -4.26. The Balaban J connectivity index is 0.000000714. The van der Waals surface area contributed by atoms with Crippen molar-refractivity contribution < 1.29 is 38.9 Å². The predicted molar refractivity (Wildman–Crippen MR) is 123 cm³/mol. The molecule has 4 rings (SSSR count). The van der Waals surface area contributed by atoms with Gasteiger partial charge >= 0.3 is 0 Å². The molecule has 0 aliphatic heterocycles. The first kappa shape index (κ1) is 27.8. The molecule has 0 unspecified atom stereocenters. The number of hydrogen-bond donors (Lipinski definition) is 5. The van der Waals surface area contributed by atoms with Gasteiger partial charge in [0.2, 0.25) is 0 Å². The summed E-state index contributed by atoms with van der Waals surface area (Å²) in [6.45, 7) is 1.19. The maximum atomic E-state index is 12.0. The van der Waals surface area contributed by atoms with Crippen molar-refractivity contribution >= 4 is 92.2 Å². The van der Waals surface area contributed by atoms with Gasteiger partial charge in [0.15, 0.2) is 0 Å². The summed E-state index contributed by atoms with van der Waals surface area (Å²) in [6, 6.07) is 10.3. The SMILES string of the molecule is NCCN.O=S(=O)(O)c1c(S(=O)(=O)O)c2ccc3cccc4ccc(c1S(=O)(=O)O)c2c34.[Na]. The van der Waals surface area contributed by atoms with Crippen molar-refractivity contribution in [1.82, 2.24) is 0 Å². The molecule has 4 aromatic rings. The van der Waals surface area contributed by atoms with Crippen LogP contribution in [0.1, 0.15) is 0 Å². The zero-order valence-corrected chi connectivity index (χ0v) is 21.6. The Labute approximate surface area is 211 Å². The topological polar surface area (TPSA) is 215 Å². The fourth-order valence-electron chi connectivity index (χ4n) is 3.56. The van der Waals surface area contributed by atoms with Crippen LogP contribution in [0.5, 0.6) is 0 Å². The van der Waals surface area contributed by atoms with Gasteiger partial charge in [-0.15, -0.1) is 0 Å². The van der Waals surface area contributed by atoms with E-state index in [2.05, 4.69) is 0 Å². The first-order valence-corrected chi connectivity index (χ1v) is 13.1. The minimum atomic E-state index is -5.50. The second-order valence-electron chi connectivity index (χ2n) is 6.67. The van der Waals surface area contributed by atoms with Crippen molar-refractivity contribution in [3.05, 3.63) is 42.5 Å². The minimum absolute atomic E-state index is 0. The molecule has 0 saturated carbocycles. The van der Waals surface area contributed by atoms with Crippen LogP contribution < -0.4 is 11.5 Å². The van der Waals surface area contributed by atoms with E-state index in [0.29, 0.717) is 29.2 Å². The van der Waals surface area contributed by atoms with Crippen LogP contribution in [0.25, 0.3) is 32.3 Å². The molecule has 1 radical (unpaired) electrons. The fourth-order valence-corrected chi connectivity index (χ4v) is 7.14. The summed E-state index contributed by atoms with van der Waals surface area (Å²) < 4.78 is 101. The summed E-state index contributed by atoms with van der Waals surface area (Å²) in [6.07, 6.45) is 0. The molecule has 4 aromatic carbocycles. The number of benzene rings is 4. The van der Waals surface area contributed by atoms with Gasteiger partial charge in [0, 0.05) is 58.8 Å². The summed E-state index contributed by atoms with van der Waals surface area (Å²) in [5, 5.41) is 0.927. The molecule has 173 valence electrons. The van der Waals surface area contributed by atoms with Gasteiger partial charge in [0.25, 0.3) is 30.4 Å². The van der Waals surface area contributed by atoms with Gasteiger partial charge < -0.3 is 11.5 Å². The Bertz CT molecular complexity index is 1570. The molecule has 33 heavy (non-hydrogen) atoms. The summed E-state index contributed by atoms with van der Waals surface area (Å²) >= 11 is 0. The van der Waals surface area contributed by atoms with Gasteiger partial charge in [-0.3, -0.25) is 13.7 Å². The molecule has 0 amide bonds. The van der Waals surface area contributed by atoms with E-state index >= 15 is 0 Å². The van der Waals surface area contributed by atoms with Crippen LogP contribution in [0.2, 0.25) is 0 Å². The van der Waals surface area contributed by atoms with Gasteiger partial charge in [0.1, 0.15) is 14.7 Å². The van der Waals surface area contributed by atoms with Crippen LogP contribution in [0.4, 0.5) is 0 Å². The van der Waals surface area contributed by atoms with E-state index in [1.807, 2.05) is 0 Å². The molecule has 0 bridgehead atoms. The molecule has 0 saturated heterocycles. The van der Waals surface area contributed by atoms with Crippen molar-refractivity contribution in [2.24, 2.45) is 11.5 Å². The standard InChI is InChI=1S/C16H10O9S3.C2H8N2.Na/c17-26(18,19)14-10-6-4-8-2-1-3-9-5-7-11(13(10)12(8)9)15(27(20,21)22)16(14)28(23,24)25;3-1-2-4;/h1-7H,(H,17,18,19)(H,20,21,22)(H,23,24,25);1-4H2;. The van der Waals surface area contributed by atoms with E-state index in [9.17, 15) is 38.9 Å². The Morgan fingerprint density at radius 2 is 0.939 bits per heavy atom. The summed E-state index contributed by atoms with van der Waals surface area (Å²) in [5.74, 6) is 0. The molecule has 7 N–H and O–H groups in total. The zero-order valence-electron chi connectivity index (χ0n) is 17.1. The van der Waals surface area contributed by atoms with E-state index in [1.165, 1.54) is 24.3 Å². The van der Waals surface area contributed by atoms with Gasteiger partial charge in [0.05, 0.1) is 0 Å². The van der Waals surface area contributed by atoms with E-state index in [1.54, 1.807) is 18.2 Å². The van der Waals surface area contributed by atoms with E-state index in [4.69, 9.17) is 11.5 Å². The Kier molecular flexibility index (Phi) is 8.15. The fraction of sp³-hybridized carbons (Fsp3) is 0.111. The second kappa shape index (κ2) is 9.67. The summed E-state index contributed by atoms with van der Waals surface area (Å²) in [5.41, 5.74) is 9.81. The predicted octanol–water partition coefficient (Wildman–Crippen LogP) is 0.847. The van der Waals surface area contributed by atoms with Gasteiger partial charge in [-0.05, 0) is 16.2 Å². The van der Waals surface area contributed by atoms with Crippen LogP contribution >= 0.6 is 0 Å². The monoisotopic (exact) mass is 525 g/mol.